The van der Waals surface area contributed by atoms with E-state index in [1.165, 1.54) is 98.1 Å². The van der Waals surface area contributed by atoms with Crippen LogP contribution in [0.15, 0.2) is 158 Å². The Morgan fingerprint density at radius 1 is 0.283 bits per heavy atom. The molecule has 0 atom stereocenters. The minimum atomic E-state index is 1.18. The largest absolute Gasteiger partial charge is 0.309 e. The second-order valence-electron chi connectivity index (χ2n) is 12.5. The molecule has 0 radical (unpaired) electrons. The van der Waals surface area contributed by atoms with E-state index in [0.717, 1.165) is 0 Å². The quantitative estimate of drug-likeness (QED) is 0.179. The van der Waals surface area contributed by atoms with E-state index in [9.17, 15) is 0 Å². The summed E-state index contributed by atoms with van der Waals surface area (Å²) in [5.41, 5.74) is 7.31. The van der Waals surface area contributed by atoms with Gasteiger partial charge in [0.05, 0.1) is 27.8 Å². The average Bonchev–Trinajstić information content (AvgIpc) is 3.63. The van der Waals surface area contributed by atoms with Crippen LogP contribution in [0.3, 0.4) is 0 Å². The first kappa shape index (κ1) is 24.2. The van der Waals surface area contributed by atoms with Crippen LogP contribution in [0.5, 0.6) is 0 Å². The highest BCUT2D eigenvalue weighted by Gasteiger charge is 2.25. The van der Waals surface area contributed by atoms with E-state index in [0.29, 0.717) is 0 Å². The summed E-state index contributed by atoms with van der Waals surface area (Å²) in [5.74, 6) is 0. The topological polar surface area (TPSA) is 9.86 Å². The van der Waals surface area contributed by atoms with Crippen molar-refractivity contribution in [2.45, 2.75) is 0 Å². The maximum Gasteiger partial charge on any atom is 0.0568 e. The maximum atomic E-state index is 2.53. The lowest BCUT2D eigenvalue weighted by molar-refractivity contribution is 1.17. The molecule has 0 fully saturated rings. The van der Waals surface area contributed by atoms with Crippen molar-refractivity contribution in [3.8, 4) is 11.4 Å². The number of para-hydroxylation sites is 2. The molecule has 0 aliphatic rings. The van der Waals surface area contributed by atoms with Gasteiger partial charge < -0.3 is 9.13 Å². The Morgan fingerprint density at radius 3 is 1.76 bits per heavy atom. The van der Waals surface area contributed by atoms with E-state index in [1.54, 1.807) is 0 Å². The van der Waals surface area contributed by atoms with E-state index in [2.05, 4.69) is 167 Å². The van der Waals surface area contributed by atoms with E-state index < -0.39 is 0 Å². The van der Waals surface area contributed by atoms with Crippen molar-refractivity contribution in [2.75, 3.05) is 0 Å². The molecule has 2 nitrogen and oxygen atoms in total. The fourth-order valence-electron chi connectivity index (χ4n) is 8.43. The van der Waals surface area contributed by atoms with Gasteiger partial charge in [-0.05, 0) is 68.7 Å². The molecule has 0 saturated heterocycles. The van der Waals surface area contributed by atoms with Gasteiger partial charge in [-0.25, -0.2) is 0 Å². The summed E-state index contributed by atoms with van der Waals surface area (Å²) in [5, 5.41) is 15.6. The van der Waals surface area contributed by atoms with E-state index >= 15 is 0 Å². The number of benzene rings is 9. The van der Waals surface area contributed by atoms with Crippen LogP contribution in [-0.4, -0.2) is 9.13 Å². The van der Waals surface area contributed by atoms with Crippen molar-refractivity contribution in [2.24, 2.45) is 0 Å². The zero-order valence-corrected chi connectivity index (χ0v) is 24.9. The molecule has 0 saturated carbocycles. The number of rotatable bonds is 2. The SMILES string of the molecule is c1ccc(-n2c3cccc4c5ccccc5c5c6c7ccccc7n(-c7cccc8ccc9ccccc9c78)c6cc2c5c43)cc1. The zero-order chi connectivity index (χ0) is 29.9. The molecule has 9 aromatic carbocycles. The molecule has 212 valence electrons. The lowest BCUT2D eigenvalue weighted by atomic mass is 9.92. The summed E-state index contributed by atoms with van der Waals surface area (Å²) in [7, 11) is 0. The molecule has 11 rings (SSSR count). The van der Waals surface area contributed by atoms with Gasteiger partial charge in [-0.1, -0.05) is 121 Å². The van der Waals surface area contributed by atoms with Gasteiger partial charge in [-0.15, -0.1) is 0 Å². The third-order valence-corrected chi connectivity index (χ3v) is 10.2. The minimum Gasteiger partial charge on any atom is -0.309 e. The van der Waals surface area contributed by atoms with Crippen molar-refractivity contribution < 1.29 is 0 Å². The van der Waals surface area contributed by atoms with Gasteiger partial charge in [0.15, 0.2) is 0 Å². The molecule has 46 heavy (non-hydrogen) atoms. The predicted octanol–water partition coefficient (Wildman–Crippen LogP) is 11.9. The fraction of sp³-hybridized carbons (Fsp3) is 0. The summed E-state index contributed by atoms with van der Waals surface area (Å²) in [6, 6.07) is 58.1. The highest BCUT2D eigenvalue weighted by Crippen LogP contribution is 2.49. The van der Waals surface area contributed by atoms with Gasteiger partial charge in [0.2, 0.25) is 0 Å². The molecular weight excluding hydrogens is 556 g/mol. The Labute approximate surface area is 264 Å². The monoisotopic (exact) mass is 582 g/mol. The van der Waals surface area contributed by atoms with E-state index in [4.69, 9.17) is 0 Å². The molecule has 0 spiro atoms. The van der Waals surface area contributed by atoms with Gasteiger partial charge in [0.25, 0.3) is 0 Å². The van der Waals surface area contributed by atoms with Gasteiger partial charge in [-0.2, -0.15) is 0 Å². The Hall–Kier alpha value is -6.12. The molecule has 0 amide bonds. The third kappa shape index (κ3) is 2.96. The Kier molecular flexibility index (Phi) is 4.61. The number of fused-ring (bicyclic) bond motifs is 10. The summed E-state index contributed by atoms with van der Waals surface area (Å²) in [6.07, 6.45) is 0. The van der Waals surface area contributed by atoms with Gasteiger partial charge in [0.1, 0.15) is 0 Å². The molecule has 0 aliphatic heterocycles. The van der Waals surface area contributed by atoms with Gasteiger partial charge >= 0.3 is 0 Å². The van der Waals surface area contributed by atoms with Gasteiger partial charge in [0, 0.05) is 38.0 Å². The number of hydrogen-bond acceptors (Lipinski definition) is 0. The van der Waals surface area contributed by atoms with Crippen molar-refractivity contribution in [1.82, 2.24) is 9.13 Å². The van der Waals surface area contributed by atoms with Crippen LogP contribution >= 0.6 is 0 Å². The number of aromatic nitrogens is 2. The first-order valence-electron chi connectivity index (χ1n) is 16.0. The van der Waals surface area contributed by atoms with E-state index in [1.807, 2.05) is 0 Å². The standard InChI is InChI=1S/C44H26N2/c1-2-14-29(15-3-1)45-37-23-11-20-32-31-17-6-7-18-33(31)43-42-34-19-8-9-21-35(34)46(38(42)26-39(45)44(43)41(32)37)36-22-10-13-28-25-24-27-12-4-5-16-30(27)40(28)36/h1-26H. The molecule has 0 unspecified atom stereocenters. The fourth-order valence-corrected chi connectivity index (χ4v) is 8.43. The molecule has 0 aliphatic carbocycles. The van der Waals surface area contributed by atoms with Crippen LogP contribution in [-0.2, 0) is 0 Å². The lowest BCUT2D eigenvalue weighted by Gasteiger charge is -2.15. The van der Waals surface area contributed by atoms with Crippen LogP contribution in [0.4, 0.5) is 0 Å². The summed E-state index contributed by atoms with van der Waals surface area (Å²) in [4.78, 5) is 0. The van der Waals surface area contributed by atoms with Crippen molar-refractivity contribution in [1.29, 1.82) is 0 Å². The molecule has 0 bridgehead atoms. The van der Waals surface area contributed by atoms with Crippen LogP contribution in [0.25, 0.3) is 98.1 Å². The van der Waals surface area contributed by atoms with Crippen LogP contribution in [0.2, 0.25) is 0 Å². The summed E-state index contributed by atoms with van der Waals surface area (Å²) < 4.78 is 5.00. The maximum absolute atomic E-state index is 2.53. The first-order valence-corrected chi connectivity index (χ1v) is 16.0. The molecule has 2 heteroatoms. The third-order valence-electron chi connectivity index (χ3n) is 10.2. The Balaban J connectivity index is 1.46. The molecule has 0 N–H and O–H groups in total. The number of hydrogen-bond donors (Lipinski definition) is 0. The van der Waals surface area contributed by atoms with Crippen molar-refractivity contribution in [3.05, 3.63) is 158 Å². The molecular formula is C44H26N2. The Morgan fingerprint density at radius 2 is 0.870 bits per heavy atom. The zero-order valence-electron chi connectivity index (χ0n) is 24.9. The second-order valence-corrected chi connectivity index (χ2v) is 12.5. The highest BCUT2D eigenvalue weighted by atomic mass is 15.0. The minimum absolute atomic E-state index is 1.18. The Bertz CT molecular complexity index is 3010. The first-order chi connectivity index (χ1) is 22.9. The molecule has 11 aromatic rings. The summed E-state index contributed by atoms with van der Waals surface area (Å²) >= 11 is 0. The van der Waals surface area contributed by atoms with E-state index in [-0.39, 0.29) is 0 Å². The average molecular weight is 583 g/mol. The van der Waals surface area contributed by atoms with Crippen molar-refractivity contribution in [3.63, 3.8) is 0 Å². The van der Waals surface area contributed by atoms with Crippen LogP contribution in [0, 0.1) is 0 Å². The van der Waals surface area contributed by atoms with Crippen LogP contribution in [0.1, 0.15) is 0 Å². The van der Waals surface area contributed by atoms with Crippen molar-refractivity contribution >= 4 is 86.7 Å². The summed E-state index contributed by atoms with van der Waals surface area (Å²) in [6.45, 7) is 0. The molecule has 2 aromatic heterocycles. The lowest BCUT2D eigenvalue weighted by Crippen LogP contribution is -1.97. The molecule has 2 heterocycles. The van der Waals surface area contributed by atoms with Gasteiger partial charge in [-0.3, -0.25) is 0 Å². The second kappa shape index (κ2) is 8.74. The predicted molar refractivity (Wildman–Crippen MR) is 196 cm³/mol. The normalized spacial score (nSPS) is 12.3. The van der Waals surface area contributed by atoms with Crippen LogP contribution < -0.4 is 0 Å². The number of nitrogens with zero attached hydrogens (tertiary/aromatic N) is 2. The highest BCUT2D eigenvalue weighted by molar-refractivity contribution is 6.42. The smallest absolute Gasteiger partial charge is 0.0568 e.